The Bertz CT molecular complexity index is 422. The van der Waals surface area contributed by atoms with E-state index in [4.69, 9.17) is 16.3 Å². The molecule has 1 aliphatic heterocycles. The van der Waals surface area contributed by atoms with Crippen LogP contribution in [0.3, 0.4) is 0 Å². The van der Waals surface area contributed by atoms with Crippen molar-refractivity contribution in [3.05, 3.63) is 22.7 Å². The molecule has 0 bridgehead atoms. The SMILES string of the molecule is COc1cc(N2CCCC2)c(C2CC2)cc1Cl. The van der Waals surface area contributed by atoms with E-state index in [9.17, 15) is 0 Å². The first-order chi connectivity index (χ1) is 8.29. The van der Waals surface area contributed by atoms with E-state index in [1.807, 2.05) is 0 Å². The minimum atomic E-state index is 0.731. The van der Waals surface area contributed by atoms with Gasteiger partial charge in [-0.25, -0.2) is 0 Å². The quantitative estimate of drug-likeness (QED) is 0.810. The zero-order valence-electron chi connectivity index (χ0n) is 10.2. The molecular formula is C14H18ClNO. The van der Waals surface area contributed by atoms with Crippen LogP contribution in [0.1, 0.15) is 37.2 Å². The number of methoxy groups -OCH3 is 1. The number of rotatable bonds is 3. The highest BCUT2D eigenvalue weighted by Crippen LogP contribution is 2.47. The van der Waals surface area contributed by atoms with Crippen molar-refractivity contribution in [3.63, 3.8) is 0 Å². The molecule has 92 valence electrons. The summed E-state index contributed by atoms with van der Waals surface area (Å²) in [4.78, 5) is 2.48. The third-order valence-electron chi connectivity index (χ3n) is 3.77. The lowest BCUT2D eigenvalue weighted by molar-refractivity contribution is 0.415. The molecule has 2 nitrogen and oxygen atoms in total. The molecule has 0 atom stereocenters. The van der Waals surface area contributed by atoms with Gasteiger partial charge in [0.05, 0.1) is 12.1 Å². The fourth-order valence-corrected chi connectivity index (χ4v) is 2.92. The van der Waals surface area contributed by atoms with E-state index in [2.05, 4.69) is 17.0 Å². The Morgan fingerprint density at radius 2 is 1.94 bits per heavy atom. The summed E-state index contributed by atoms with van der Waals surface area (Å²) in [6.07, 6.45) is 5.22. The van der Waals surface area contributed by atoms with E-state index in [1.54, 1.807) is 7.11 Å². The summed E-state index contributed by atoms with van der Waals surface area (Å²) in [7, 11) is 1.69. The van der Waals surface area contributed by atoms with Crippen molar-refractivity contribution in [1.29, 1.82) is 0 Å². The van der Waals surface area contributed by atoms with Crippen molar-refractivity contribution in [2.24, 2.45) is 0 Å². The van der Waals surface area contributed by atoms with Crippen LogP contribution in [0.15, 0.2) is 12.1 Å². The first-order valence-electron chi connectivity index (χ1n) is 6.42. The standard InChI is InChI=1S/C14H18ClNO/c1-17-14-9-13(16-6-2-3-7-16)11(8-12(14)15)10-4-5-10/h8-10H,2-7H2,1H3. The third kappa shape index (κ3) is 2.11. The smallest absolute Gasteiger partial charge is 0.139 e. The first-order valence-corrected chi connectivity index (χ1v) is 6.80. The maximum Gasteiger partial charge on any atom is 0.139 e. The Labute approximate surface area is 108 Å². The second-order valence-electron chi connectivity index (χ2n) is 5.01. The van der Waals surface area contributed by atoms with Crippen molar-refractivity contribution in [3.8, 4) is 5.75 Å². The van der Waals surface area contributed by atoms with Crippen LogP contribution in [0.4, 0.5) is 5.69 Å². The molecule has 1 aliphatic carbocycles. The van der Waals surface area contributed by atoms with Gasteiger partial charge in [0.1, 0.15) is 5.75 Å². The van der Waals surface area contributed by atoms with Gasteiger partial charge in [-0.15, -0.1) is 0 Å². The van der Waals surface area contributed by atoms with Crippen LogP contribution in [0.25, 0.3) is 0 Å². The number of benzene rings is 1. The molecule has 0 amide bonds. The van der Waals surface area contributed by atoms with Crippen LogP contribution in [0.5, 0.6) is 5.75 Å². The number of anilines is 1. The second kappa shape index (κ2) is 4.41. The minimum absolute atomic E-state index is 0.731. The Kier molecular flexibility index (Phi) is 2.91. The number of hydrogen-bond donors (Lipinski definition) is 0. The fourth-order valence-electron chi connectivity index (χ4n) is 2.67. The largest absolute Gasteiger partial charge is 0.495 e. The van der Waals surface area contributed by atoms with E-state index >= 15 is 0 Å². The van der Waals surface area contributed by atoms with Crippen molar-refractivity contribution >= 4 is 17.3 Å². The van der Waals surface area contributed by atoms with E-state index < -0.39 is 0 Å². The fraction of sp³-hybridized carbons (Fsp3) is 0.571. The third-order valence-corrected chi connectivity index (χ3v) is 4.06. The molecule has 0 spiro atoms. The first kappa shape index (κ1) is 11.2. The highest BCUT2D eigenvalue weighted by molar-refractivity contribution is 6.32. The lowest BCUT2D eigenvalue weighted by Crippen LogP contribution is -2.19. The van der Waals surface area contributed by atoms with Gasteiger partial charge in [-0.3, -0.25) is 0 Å². The molecule has 1 aromatic carbocycles. The van der Waals surface area contributed by atoms with Crippen LogP contribution in [-0.4, -0.2) is 20.2 Å². The Morgan fingerprint density at radius 1 is 1.24 bits per heavy atom. The Balaban J connectivity index is 2.02. The van der Waals surface area contributed by atoms with Gasteiger partial charge in [0.15, 0.2) is 0 Å². The van der Waals surface area contributed by atoms with Gasteiger partial charge in [0, 0.05) is 24.8 Å². The predicted octanol–water partition coefficient (Wildman–Crippen LogP) is 3.83. The van der Waals surface area contributed by atoms with Crippen molar-refractivity contribution in [2.45, 2.75) is 31.6 Å². The lowest BCUT2D eigenvalue weighted by atomic mass is 10.1. The highest BCUT2D eigenvalue weighted by atomic mass is 35.5. The molecule has 17 heavy (non-hydrogen) atoms. The summed E-state index contributed by atoms with van der Waals surface area (Å²) in [5.74, 6) is 1.53. The molecule has 1 aromatic rings. The molecule has 1 heterocycles. The average Bonchev–Trinajstić information content (AvgIpc) is 3.04. The van der Waals surface area contributed by atoms with Gasteiger partial charge in [-0.2, -0.15) is 0 Å². The maximum atomic E-state index is 6.24. The summed E-state index contributed by atoms with van der Waals surface area (Å²) in [5, 5.41) is 0.748. The lowest BCUT2D eigenvalue weighted by Gasteiger charge is -2.22. The van der Waals surface area contributed by atoms with Crippen LogP contribution >= 0.6 is 11.6 Å². The molecule has 1 saturated heterocycles. The molecule has 0 aromatic heterocycles. The van der Waals surface area contributed by atoms with Gasteiger partial charge in [-0.1, -0.05) is 11.6 Å². The minimum Gasteiger partial charge on any atom is -0.495 e. The molecule has 0 unspecified atom stereocenters. The molecule has 2 fully saturated rings. The summed E-state index contributed by atoms with van der Waals surface area (Å²) in [6.45, 7) is 2.34. The Morgan fingerprint density at radius 3 is 2.53 bits per heavy atom. The number of hydrogen-bond acceptors (Lipinski definition) is 2. The number of ether oxygens (including phenoxy) is 1. The molecule has 3 heteroatoms. The van der Waals surface area contributed by atoms with E-state index in [0.29, 0.717) is 0 Å². The second-order valence-corrected chi connectivity index (χ2v) is 5.42. The topological polar surface area (TPSA) is 12.5 Å². The van der Waals surface area contributed by atoms with Gasteiger partial charge >= 0.3 is 0 Å². The van der Waals surface area contributed by atoms with Crippen LogP contribution < -0.4 is 9.64 Å². The molecule has 2 aliphatic rings. The van der Waals surface area contributed by atoms with Gasteiger partial charge < -0.3 is 9.64 Å². The van der Waals surface area contributed by atoms with Gasteiger partial charge in [0.2, 0.25) is 0 Å². The van der Waals surface area contributed by atoms with E-state index in [-0.39, 0.29) is 0 Å². The number of nitrogens with zero attached hydrogens (tertiary/aromatic N) is 1. The monoisotopic (exact) mass is 251 g/mol. The number of halogens is 1. The van der Waals surface area contributed by atoms with Crippen molar-refractivity contribution in [2.75, 3.05) is 25.1 Å². The molecule has 3 rings (SSSR count). The van der Waals surface area contributed by atoms with Crippen LogP contribution in [-0.2, 0) is 0 Å². The molecular weight excluding hydrogens is 234 g/mol. The summed E-state index contributed by atoms with van der Waals surface area (Å²) in [5.41, 5.74) is 2.78. The van der Waals surface area contributed by atoms with Gasteiger partial charge in [0.25, 0.3) is 0 Å². The molecule has 1 saturated carbocycles. The van der Waals surface area contributed by atoms with E-state index in [0.717, 1.165) is 16.7 Å². The highest BCUT2D eigenvalue weighted by Gasteiger charge is 2.29. The predicted molar refractivity (Wildman–Crippen MR) is 71.4 cm³/mol. The summed E-state index contributed by atoms with van der Waals surface area (Å²) >= 11 is 6.24. The van der Waals surface area contributed by atoms with Crippen molar-refractivity contribution in [1.82, 2.24) is 0 Å². The normalized spacial score (nSPS) is 19.8. The Hall–Kier alpha value is -0.890. The van der Waals surface area contributed by atoms with Crippen LogP contribution in [0, 0.1) is 0 Å². The van der Waals surface area contributed by atoms with Crippen molar-refractivity contribution < 1.29 is 4.74 Å². The zero-order chi connectivity index (χ0) is 11.8. The van der Waals surface area contributed by atoms with E-state index in [1.165, 1.54) is 50.0 Å². The maximum absolute atomic E-state index is 6.24. The van der Waals surface area contributed by atoms with Gasteiger partial charge in [-0.05, 0) is 43.2 Å². The summed E-state index contributed by atoms with van der Waals surface area (Å²) in [6, 6.07) is 4.24. The molecule has 0 radical (unpaired) electrons. The summed E-state index contributed by atoms with van der Waals surface area (Å²) < 4.78 is 5.34. The average molecular weight is 252 g/mol. The molecule has 0 N–H and O–H groups in total. The van der Waals surface area contributed by atoms with Crippen LogP contribution in [0.2, 0.25) is 5.02 Å². The zero-order valence-corrected chi connectivity index (χ0v) is 11.0.